The summed E-state index contributed by atoms with van der Waals surface area (Å²) >= 11 is 0. The van der Waals surface area contributed by atoms with E-state index in [1.165, 1.54) is 12.8 Å². The Balaban J connectivity index is 1.67. The van der Waals surface area contributed by atoms with Gasteiger partial charge in [0.1, 0.15) is 0 Å². The summed E-state index contributed by atoms with van der Waals surface area (Å²) < 4.78 is 0. The molecule has 0 spiro atoms. The van der Waals surface area contributed by atoms with Crippen LogP contribution < -0.4 is 10.6 Å². The molecule has 1 heterocycles. The van der Waals surface area contributed by atoms with Crippen LogP contribution in [0.2, 0.25) is 0 Å². The minimum atomic E-state index is 0.183. The third-order valence-electron chi connectivity index (χ3n) is 4.65. The van der Waals surface area contributed by atoms with Crippen LogP contribution >= 0.6 is 0 Å². The lowest BCUT2D eigenvalue weighted by atomic mass is 10.0. The van der Waals surface area contributed by atoms with Crippen molar-refractivity contribution in [1.82, 2.24) is 20.4 Å². The summed E-state index contributed by atoms with van der Waals surface area (Å²) in [6.45, 7) is 10.6. The zero-order chi connectivity index (χ0) is 15.2. The second kappa shape index (κ2) is 8.11. The molecule has 1 aliphatic carbocycles. The molecule has 1 saturated heterocycles. The molecule has 21 heavy (non-hydrogen) atoms. The molecule has 1 atom stereocenters. The number of nitrogens with zero attached hydrogens (tertiary/aromatic N) is 2. The van der Waals surface area contributed by atoms with Gasteiger partial charge in [0.15, 0.2) is 0 Å². The molecule has 1 saturated carbocycles. The van der Waals surface area contributed by atoms with E-state index in [9.17, 15) is 4.79 Å². The third kappa shape index (κ3) is 5.93. The Kier molecular flexibility index (Phi) is 6.45. The first-order valence-electron chi connectivity index (χ1n) is 8.49. The Morgan fingerprint density at radius 3 is 2.43 bits per heavy atom. The predicted octanol–water partition coefficient (Wildman–Crippen LogP) is 0.517. The molecule has 0 aromatic rings. The zero-order valence-corrected chi connectivity index (χ0v) is 13.9. The van der Waals surface area contributed by atoms with Crippen LogP contribution in [0.3, 0.4) is 0 Å². The van der Waals surface area contributed by atoms with Crippen molar-refractivity contribution in [1.29, 1.82) is 0 Å². The largest absolute Gasteiger partial charge is 0.354 e. The predicted molar refractivity (Wildman–Crippen MR) is 86.3 cm³/mol. The number of nitrogens with one attached hydrogen (secondary N) is 2. The SMILES string of the molecule is CC(C)C(CNC(=O)CCNC1CC1)N1CCN(C)CC1. The van der Waals surface area contributed by atoms with Crippen molar-refractivity contribution in [2.45, 2.75) is 45.2 Å². The minimum absolute atomic E-state index is 0.183. The molecule has 122 valence electrons. The van der Waals surface area contributed by atoms with E-state index in [0.717, 1.165) is 39.3 Å². The highest BCUT2D eigenvalue weighted by Crippen LogP contribution is 2.18. The van der Waals surface area contributed by atoms with Gasteiger partial charge in [0.25, 0.3) is 0 Å². The summed E-state index contributed by atoms with van der Waals surface area (Å²) in [6, 6.07) is 1.14. The number of carbonyl (C=O) groups is 1. The van der Waals surface area contributed by atoms with E-state index in [1.807, 2.05) is 0 Å². The smallest absolute Gasteiger partial charge is 0.221 e. The van der Waals surface area contributed by atoms with E-state index in [2.05, 4.69) is 41.3 Å². The van der Waals surface area contributed by atoms with Crippen LogP contribution in [0.5, 0.6) is 0 Å². The number of amides is 1. The summed E-state index contributed by atoms with van der Waals surface area (Å²) in [4.78, 5) is 16.8. The molecule has 2 N–H and O–H groups in total. The van der Waals surface area contributed by atoms with Gasteiger partial charge in [-0.1, -0.05) is 13.8 Å². The van der Waals surface area contributed by atoms with Gasteiger partial charge in [0, 0.05) is 57.8 Å². The Hall–Kier alpha value is -0.650. The molecule has 1 aliphatic heterocycles. The van der Waals surface area contributed by atoms with Crippen LogP contribution in [-0.4, -0.2) is 74.1 Å². The lowest BCUT2D eigenvalue weighted by molar-refractivity contribution is -0.121. The molecular formula is C16H32N4O. The van der Waals surface area contributed by atoms with Gasteiger partial charge in [-0.05, 0) is 25.8 Å². The van der Waals surface area contributed by atoms with Crippen molar-refractivity contribution in [2.75, 3.05) is 46.3 Å². The lowest BCUT2D eigenvalue weighted by Gasteiger charge is -2.39. The number of carbonyl (C=O) groups excluding carboxylic acids is 1. The van der Waals surface area contributed by atoms with E-state index in [-0.39, 0.29) is 5.91 Å². The highest BCUT2D eigenvalue weighted by molar-refractivity contribution is 5.76. The summed E-state index contributed by atoms with van der Waals surface area (Å²) in [5, 5.41) is 6.52. The van der Waals surface area contributed by atoms with Crippen molar-refractivity contribution >= 4 is 5.91 Å². The molecule has 0 aromatic carbocycles. The fraction of sp³-hybridized carbons (Fsp3) is 0.938. The van der Waals surface area contributed by atoms with Gasteiger partial charge >= 0.3 is 0 Å². The average Bonchev–Trinajstić information content (AvgIpc) is 3.25. The molecule has 2 aliphatic rings. The van der Waals surface area contributed by atoms with Gasteiger partial charge in [-0.2, -0.15) is 0 Å². The normalized spacial score (nSPS) is 22.5. The molecule has 2 fully saturated rings. The van der Waals surface area contributed by atoms with Crippen LogP contribution in [0.1, 0.15) is 33.1 Å². The van der Waals surface area contributed by atoms with E-state index < -0.39 is 0 Å². The first-order chi connectivity index (χ1) is 10.1. The maximum atomic E-state index is 11.9. The Morgan fingerprint density at radius 1 is 1.19 bits per heavy atom. The van der Waals surface area contributed by atoms with Crippen molar-refractivity contribution in [3.8, 4) is 0 Å². The summed E-state index contributed by atoms with van der Waals surface area (Å²) in [5.74, 6) is 0.751. The topological polar surface area (TPSA) is 47.6 Å². The molecule has 5 nitrogen and oxygen atoms in total. The standard InChI is InChI=1S/C16H32N4O/c1-13(2)15(20-10-8-19(3)9-11-20)12-18-16(21)6-7-17-14-4-5-14/h13-15,17H,4-12H2,1-3H3,(H,18,21). The Morgan fingerprint density at radius 2 is 1.86 bits per heavy atom. The Labute approximate surface area is 129 Å². The van der Waals surface area contributed by atoms with Crippen molar-refractivity contribution in [3.05, 3.63) is 0 Å². The molecule has 0 radical (unpaired) electrons. The van der Waals surface area contributed by atoms with Gasteiger partial charge in [-0.15, -0.1) is 0 Å². The number of hydrogen-bond donors (Lipinski definition) is 2. The summed E-state index contributed by atoms with van der Waals surface area (Å²) in [5.41, 5.74) is 0. The molecule has 2 rings (SSSR count). The summed E-state index contributed by atoms with van der Waals surface area (Å²) in [7, 11) is 2.18. The number of piperazine rings is 1. The van der Waals surface area contributed by atoms with E-state index in [4.69, 9.17) is 0 Å². The molecular weight excluding hydrogens is 264 g/mol. The second-order valence-electron chi connectivity index (χ2n) is 6.93. The van der Waals surface area contributed by atoms with Crippen molar-refractivity contribution < 1.29 is 4.79 Å². The maximum Gasteiger partial charge on any atom is 0.221 e. The van der Waals surface area contributed by atoms with E-state index >= 15 is 0 Å². The van der Waals surface area contributed by atoms with Gasteiger partial charge in [-0.3, -0.25) is 9.69 Å². The first-order valence-corrected chi connectivity index (χ1v) is 8.49. The fourth-order valence-corrected chi connectivity index (χ4v) is 2.92. The molecule has 1 unspecified atom stereocenters. The zero-order valence-electron chi connectivity index (χ0n) is 13.9. The van der Waals surface area contributed by atoms with Crippen LogP contribution in [-0.2, 0) is 4.79 Å². The van der Waals surface area contributed by atoms with Crippen molar-refractivity contribution in [3.63, 3.8) is 0 Å². The minimum Gasteiger partial charge on any atom is -0.354 e. The molecule has 0 aromatic heterocycles. The van der Waals surface area contributed by atoms with Gasteiger partial charge in [-0.25, -0.2) is 0 Å². The van der Waals surface area contributed by atoms with E-state index in [1.54, 1.807) is 0 Å². The maximum absolute atomic E-state index is 11.9. The van der Waals surface area contributed by atoms with E-state index in [0.29, 0.717) is 24.4 Å². The fourth-order valence-electron chi connectivity index (χ4n) is 2.92. The number of hydrogen-bond acceptors (Lipinski definition) is 4. The molecule has 1 amide bonds. The van der Waals surface area contributed by atoms with Crippen molar-refractivity contribution in [2.24, 2.45) is 5.92 Å². The summed E-state index contributed by atoms with van der Waals surface area (Å²) in [6.07, 6.45) is 3.16. The highest BCUT2D eigenvalue weighted by atomic mass is 16.1. The lowest BCUT2D eigenvalue weighted by Crippen LogP contribution is -2.54. The van der Waals surface area contributed by atoms with Crippen LogP contribution in [0.4, 0.5) is 0 Å². The quantitative estimate of drug-likeness (QED) is 0.685. The highest BCUT2D eigenvalue weighted by Gasteiger charge is 2.25. The van der Waals surface area contributed by atoms with Crippen LogP contribution in [0.25, 0.3) is 0 Å². The van der Waals surface area contributed by atoms with Gasteiger partial charge in [0.05, 0.1) is 0 Å². The monoisotopic (exact) mass is 296 g/mol. The third-order valence-corrected chi connectivity index (χ3v) is 4.65. The number of rotatable bonds is 8. The molecule has 0 bridgehead atoms. The van der Waals surface area contributed by atoms with Crippen LogP contribution in [0, 0.1) is 5.92 Å². The number of likely N-dealkylation sites (N-methyl/N-ethyl adjacent to an activating group) is 1. The first kappa shape index (κ1) is 16.7. The van der Waals surface area contributed by atoms with Crippen LogP contribution in [0.15, 0.2) is 0 Å². The Bertz CT molecular complexity index is 322. The van der Waals surface area contributed by atoms with Gasteiger partial charge in [0.2, 0.25) is 5.91 Å². The molecule has 5 heteroatoms. The average molecular weight is 296 g/mol. The second-order valence-corrected chi connectivity index (χ2v) is 6.93. The van der Waals surface area contributed by atoms with Gasteiger partial charge < -0.3 is 15.5 Å².